The molecule has 2 heterocycles. The van der Waals surface area contributed by atoms with Crippen molar-refractivity contribution < 1.29 is 8.83 Å². The molecule has 0 N–H and O–H groups in total. The zero-order valence-electron chi connectivity index (χ0n) is 48.5. The lowest BCUT2D eigenvalue weighted by molar-refractivity contribution is 0.632. The molecule has 418 valence electrons. The van der Waals surface area contributed by atoms with E-state index in [9.17, 15) is 0 Å². The van der Waals surface area contributed by atoms with E-state index in [4.69, 9.17) is 8.83 Å². The third-order valence-corrected chi connectivity index (χ3v) is 18.1. The van der Waals surface area contributed by atoms with Crippen molar-refractivity contribution in [3.05, 3.63) is 362 Å². The van der Waals surface area contributed by atoms with Crippen LogP contribution in [0.15, 0.2) is 349 Å². The van der Waals surface area contributed by atoms with Crippen LogP contribution < -0.4 is 9.80 Å². The number of hydrogen-bond donors (Lipinski definition) is 0. The molecular formula is C85H56N2O2. The van der Waals surface area contributed by atoms with Gasteiger partial charge in [-0.1, -0.05) is 267 Å². The molecule has 0 fully saturated rings. The number of hydrogen-bond acceptors (Lipinski definition) is 4. The number of rotatable bonds is 12. The zero-order valence-corrected chi connectivity index (χ0v) is 48.5. The Hall–Kier alpha value is -11.7. The second kappa shape index (κ2) is 21.4. The molecule has 0 amide bonds. The summed E-state index contributed by atoms with van der Waals surface area (Å²) >= 11 is 0. The van der Waals surface area contributed by atoms with Gasteiger partial charge in [-0.15, -0.1) is 0 Å². The second-order valence-corrected chi connectivity index (χ2v) is 23.0. The summed E-state index contributed by atoms with van der Waals surface area (Å²) in [6, 6.07) is 123. The number of anilines is 6. The van der Waals surface area contributed by atoms with E-state index in [1.165, 1.54) is 33.4 Å². The molecule has 0 spiro atoms. The Morgan fingerprint density at radius 2 is 0.573 bits per heavy atom. The first-order valence-electron chi connectivity index (χ1n) is 30.5. The fourth-order valence-electron chi connectivity index (χ4n) is 14.2. The van der Waals surface area contributed by atoms with E-state index in [-0.39, 0.29) is 0 Å². The van der Waals surface area contributed by atoms with E-state index >= 15 is 0 Å². The van der Waals surface area contributed by atoms with Gasteiger partial charge in [-0.3, -0.25) is 0 Å². The van der Waals surface area contributed by atoms with Crippen molar-refractivity contribution in [1.29, 1.82) is 0 Å². The smallest absolute Gasteiger partial charge is 0.143 e. The minimum absolute atomic E-state index is 0.783. The second-order valence-electron chi connectivity index (χ2n) is 23.0. The van der Waals surface area contributed by atoms with Crippen LogP contribution in [0, 0.1) is 0 Å². The lowest BCUT2D eigenvalue weighted by Gasteiger charge is -2.36. The summed E-state index contributed by atoms with van der Waals surface area (Å²) in [5.74, 6) is 1.70. The number of nitrogens with zero attached hydrogens (tertiary/aromatic N) is 2. The van der Waals surface area contributed by atoms with Crippen molar-refractivity contribution in [1.82, 2.24) is 0 Å². The highest BCUT2D eigenvalue weighted by atomic mass is 16.3. The lowest BCUT2D eigenvalue weighted by Crippen LogP contribution is -2.29. The molecule has 0 unspecified atom stereocenters. The zero-order chi connectivity index (χ0) is 58.8. The molecule has 0 saturated heterocycles. The van der Waals surface area contributed by atoms with E-state index in [0.29, 0.717) is 0 Å². The first kappa shape index (κ1) is 51.7. The monoisotopic (exact) mass is 1140 g/mol. The standard InChI is InChI=1S/C85H56N2O2/c1-7-27-59(28-8-1)81-73-51-47-67(55-79(73)88-83(81)61-31-11-3-12-32-61)86(77-43-23-35-57-25-19-21-41-69(57)77)65-45-49-71-72-50-46-66(54-76(72)85(75(71)53-65,63-37-15-5-16-38-63)64-39-17-6-18-40-64)87(78-44-24-36-58-26-20-22-42-70(58)78)68-48-52-74-80(56-68)89-84(62-33-13-4-14-34-62)82(74)60-29-9-2-10-30-60/h1-56H. The topological polar surface area (TPSA) is 32.8 Å². The summed E-state index contributed by atoms with van der Waals surface area (Å²) in [5.41, 5.74) is 20.5. The van der Waals surface area contributed by atoms with Crippen LogP contribution in [0.1, 0.15) is 22.3 Å². The van der Waals surface area contributed by atoms with Crippen molar-refractivity contribution >= 4 is 77.6 Å². The predicted octanol–water partition coefficient (Wildman–Crippen LogP) is 23.5. The van der Waals surface area contributed by atoms with Crippen LogP contribution in [-0.2, 0) is 5.41 Å². The first-order valence-corrected chi connectivity index (χ1v) is 30.5. The van der Waals surface area contributed by atoms with Crippen LogP contribution in [0.25, 0.3) is 99.5 Å². The summed E-state index contributed by atoms with van der Waals surface area (Å²) in [4.78, 5) is 4.87. The molecule has 16 aromatic rings. The lowest BCUT2D eigenvalue weighted by atomic mass is 9.67. The van der Waals surface area contributed by atoms with E-state index in [1.807, 2.05) is 0 Å². The Kier molecular flexibility index (Phi) is 12.4. The maximum absolute atomic E-state index is 7.10. The van der Waals surface area contributed by atoms with Gasteiger partial charge in [0.15, 0.2) is 0 Å². The number of furan rings is 2. The summed E-state index contributed by atoms with van der Waals surface area (Å²) in [7, 11) is 0. The minimum atomic E-state index is -0.783. The third kappa shape index (κ3) is 8.52. The van der Waals surface area contributed by atoms with Crippen molar-refractivity contribution in [2.75, 3.05) is 9.80 Å². The highest BCUT2D eigenvalue weighted by Gasteiger charge is 2.47. The van der Waals surface area contributed by atoms with E-state index < -0.39 is 5.41 Å². The molecule has 89 heavy (non-hydrogen) atoms. The van der Waals surface area contributed by atoms with Gasteiger partial charge < -0.3 is 18.6 Å². The maximum Gasteiger partial charge on any atom is 0.143 e. The molecule has 14 aromatic carbocycles. The van der Waals surface area contributed by atoms with Gasteiger partial charge in [0.05, 0.1) is 16.8 Å². The van der Waals surface area contributed by atoms with Crippen molar-refractivity contribution in [3.63, 3.8) is 0 Å². The number of benzene rings is 14. The van der Waals surface area contributed by atoms with Gasteiger partial charge in [-0.05, 0) is 116 Å². The first-order chi connectivity index (χ1) is 44.2. The molecule has 2 aromatic heterocycles. The van der Waals surface area contributed by atoms with Gasteiger partial charge in [0.25, 0.3) is 0 Å². The maximum atomic E-state index is 7.10. The van der Waals surface area contributed by atoms with Crippen LogP contribution in [0.2, 0.25) is 0 Å². The van der Waals surface area contributed by atoms with Gasteiger partial charge >= 0.3 is 0 Å². The quantitative estimate of drug-likeness (QED) is 0.122. The third-order valence-electron chi connectivity index (χ3n) is 18.1. The molecule has 0 aliphatic heterocycles. The largest absolute Gasteiger partial charge is 0.455 e. The fourth-order valence-corrected chi connectivity index (χ4v) is 14.2. The van der Waals surface area contributed by atoms with Crippen LogP contribution in [0.5, 0.6) is 0 Å². The average molecular weight is 1140 g/mol. The average Bonchev–Trinajstić information content (AvgIpc) is 1.57. The SMILES string of the molecule is c1ccc(-c2oc3cc(N(c4ccc5c(c4)C(c4ccccc4)(c4ccccc4)c4cc(N(c6ccc7c(-c8ccccc8)c(-c8ccccc8)oc7c6)c6cccc7ccccc67)ccc4-5)c4cccc5ccccc45)ccc3c2-c2ccccc2)cc1. The predicted molar refractivity (Wildman–Crippen MR) is 369 cm³/mol. The summed E-state index contributed by atoms with van der Waals surface area (Å²) < 4.78 is 14.2. The summed E-state index contributed by atoms with van der Waals surface area (Å²) in [5, 5.41) is 6.71. The fraction of sp³-hybridized carbons (Fsp3) is 0.0118. The van der Waals surface area contributed by atoms with Crippen molar-refractivity contribution in [3.8, 4) is 56.0 Å². The molecule has 0 atom stereocenters. The Labute approximate surface area is 516 Å². The van der Waals surface area contributed by atoms with Crippen LogP contribution >= 0.6 is 0 Å². The van der Waals surface area contributed by atoms with Crippen LogP contribution in [0.4, 0.5) is 34.1 Å². The molecule has 0 saturated carbocycles. The molecule has 1 aliphatic rings. The molecule has 0 radical (unpaired) electrons. The van der Waals surface area contributed by atoms with Crippen LogP contribution in [-0.4, -0.2) is 0 Å². The Morgan fingerprint density at radius 3 is 0.978 bits per heavy atom. The van der Waals surface area contributed by atoms with E-state index in [2.05, 4.69) is 350 Å². The highest BCUT2D eigenvalue weighted by molar-refractivity contribution is 6.07. The van der Waals surface area contributed by atoms with Gasteiger partial charge in [0, 0.05) is 78.7 Å². The molecule has 0 bridgehead atoms. The van der Waals surface area contributed by atoms with E-state index in [0.717, 1.165) is 123 Å². The molecule has 4 nitrogen and oxygen atoms in total. The Morgan fingerprint density at radius 1 is 0.247 bits per heavy atom. The van der Waals surface area contributed by atoms with Crippen molar-refractivity contribution in [2.45, 2.75) is 5.41 Å². The summed E-state index contributed by atoms with van der Waals surface area (Å²) in [6.45, 7) is 0. The van der Waals surface area contributed by atoms with E-state index in [1.54, 1.807) is 0 Å². The Bertz CT molecular complexity index is 4960. The number of fused-ring (bicyclic) bond motifs is 7. The normalized spacial score (nSPS) is 12.4. The molecule has 17 rings (SSSR count). The van der Waals surface area contributed by atoms with Crippen LogP contribution in [0.3, 0.4) is 0 Å². The van der Waals surface area contributed by atoms with Gasteiger partial charge in [0.2, 0.25) is 0 Å². The van der Waals surface area contributed by atoms with Gasteiger partial charge in [0.1, 0.15) is 22.7 Å². The summed E-state index contributed by atoms with van der Waals surface area (Å²) in [6.07, 6.45) is 0. The molecule has 4 heteroatoms. The van der Waals surface area contributed by atoms with Gasteiger partial charge in [-0.25, -0.2) is 0 Å². The highest BCUT2D eigenvalue weighted by Crippen LogP contribution is 2.59. The molecule has 1 aliphatic carbocycles. The molecular weight excluding hydrogens is 1080 g/mol. The van der Waals surface area contributed by atoms with Crippen molar-refractivity contribution in [2.24, 2.45) is 0 Å². The van der Waals surface area contributed by atoms with Gasteiger partial charge in [-0.2, -0.15) is 0 Å². The Balaban J connectivity index is 0.895. The minimum Gasteiger partial charge on any atom is -0.455 e.